The fourth-order valence-corrected chi connectivity index (χ4v) is 2.42. The summed E-state index contributed by atoms with van der Waals surface area (Å²) in [6.07, 6.45) is 0. The summed E-state index contributed by atoms with van der Waals surface area (Å²) in [7, 11) is 0. The van der Waals surface area contributed by atoms with Gasteiger partial charge in [0.25, 0.3) is 5.91 Å². The maximum Gasteiger partial charge on any atom is 0.263 e. The van der Waals surface area contributed by atoms with Crippen LogP contribution in [0.25, 0.3) is 0 Å². The third-order valence-corrected chi connectivity index (χ3v) is 3.81. The van der Waals surface area contributed by atoms with Gasteiger partial charge in [0.1, 0.15) is 9.87 Å². The Morgan fingerprint density at radius 3 is 2.63 bits per heavy atom. The highest BCUT2D eigenvalue weighted by atomic mass is 32.1. The molecule has 0 aliphatic rings. The van der Waals surface area contributed by atoms with Crippen LogP contribution in [0.1, 0.15) is 26.5 Å². The standard InChI is InChI=1S/C13H13N3OS2/c1-8-11(19-7-16-8)13(17)15-6-9-2-4-10(5-3-9)12(14)18/h2-5,7H,6H2,1H3,(H2,14,18)(H,15,17). The number of hydrogen-bond acceptors (Lipinski definition) is 4. The molecule has 0 bridgehead atoms. The minimum absolute atomic E-state index is 0.0987. The number of rotatable bonds is 4. The van der Waals surface area contributed by atoms with E-state index in [1.807, 2.05) is 31.2 Å². The minimum atomic E-state index is -0.0987. The monoisotopic (exact) mass is 291 g/mol. The van der Waals surface area contributed by atoms with Gasteiger partial charge in [-0.2, -0.15) is 0 Å². The van der Waals surface area contributed by atoms with Gasteiger partial charge < -0.3 is 11.1 Å². The van der Waals surface area contributed by atoms with Crippen molar-refractivity contribution >= 4 is 34.5 Å². The van der Waals surface area contributed by atoms with Gasteiger partial charge in [0.2, 0.25) is 0 Å². The molecular formula is C13H13N3OS2. The van der Waals surface area contributed by atoms with E-state index in [9.17, 15) is 4.79 Å². The molecule has 0 unspecified atom stereocenters. The molecule has 4 nitrogen and oxygen atoms in total. The maximum atomic E-state index is 11.9. The highest BCUT2D eigenvalue weighted by Gasteiger charge is 2.10. The van der Waals surface area contributed by atoms with Gasteiger partial charge in [-0.1, -0.05) is 36.5 Å². The van der Waals surface area contributed by atoms with Gasteiger partial charge in [0.05, 0.1) is 11.2 Å². The molecule has 2 aromatic rings. The van der Waals surface area contributed by atoms with Crippen molar-refractivity contribution < 1.29 is 4.79 Å². The molecule has 19 heavy (non-hydrogen) atoms. The van der Waals surface area contributed by atoms with Crippen LogP contribution in [-0.4, -0.2) is 15.9 Å². The lowest BCUT2D eigenvalue weighted by Crippen LogP contribution is -2.22. The van der Waals surface area contributed by atoms with Crippen LogP contribution in [0.2, 0.25) is 0 Å². The molecule has 2 rings (SSSR count). The number of carbonyl (C=O) groups excluding carboxylic acids is 1. The lowest BCUT2D eigenvalue weighted by atomic mass is 10.1. The maximum absolute atomic E-state index is 11.9. The molecular weight excluding hydrogens is 278 g/mol. The van der Waals surface area contributed by atoms with Crippen molar-refractivity contribution in [2.45, 2.75) is 13.5 Å². The first-order valence-corrected chi connectivity index (χ1v) is 6.93. The summed E-state index contributed by atoms with van der Waals surface area (Å²) in [4.78, 5) is 17.0. The Morgan fingerprint density at radius 2 is 2.11 bits per heavy atom. The largest absolute Gasteiger partial charge is 0.389 e. The molecule has 1 heterocycles. The summed E-state index contributed by atoms with van der Waals surface area (Å²) < 4.78 is 0. The zero-order chi connectivity index (χ0) is 13.8. The minimum Gasteiger partial charge on any atom is -0.389 e. The second-order valence-corrected chi connectivity index (χ2v) is 5.31. The van der Waals surface area contributed by atoms with Gasteiger partial charge in [-0.25, -0.2) is 4.98 Å². The quantitative estimate of drug-likeness (QED) is 0.846. The second kappa shape index (κ2) is 5.90. The van der Waals surface area contributed by atoms with Crippen LogP contribution in [0.4, 0.5) is 0 Å². The summed E-state index contributed by atoms with van der Waals surface area (Å²) in [6, 6.07) is 7.49. The van der Waals surface area contributed by atoms with Crippen molar-refractivity contribution in [3.63, 3.8) is 0 Å². The van der Waals surface area contributed by atoms with Crippen molar-refractivity contribution in [2.75, 3.05) is 0 Å². The highest BCUT2D eigenvalue weighted by Crippen LogP contribution is 2.12. The Bertz CT molecular complexity index is 605. The summed E-state index contributed by atoms with van der Waals surface area (Å²) in [5, 5.41) is 2.86. The molecule has 0 spiro atoms. The van der Waals surface area contributed by atoms with Crippen molar-refractivity contribution in [3.8, 4) is 0 Å². The van der Waals surface area contributed by atoms with E-state index < -0.39 is 0 Å². The van der Waals surface area contributed by atoms with Crippen LogP contribution in [0.15, 0.2) is 29.8 Å². The lowest BCUT2D eigenvalue weighted by molar-refractivity contribution is 0.0954. The molecule has 6 heteroatoms. The van der Waals surface area contributed by atoms with E-state index >= 15 is 0 Å². The molecule has 0 atom stereocenters. The first kappa shape index (κ1) is 13.6. The number of nitrogens with two attached hydrogens (primary N) is 1. The smallest absolute Gasteiger partial charge is 0.263 e. The summed E-state index contributed by atoms with van der Waals surface area (Å²) in [6.45, 7) is 2.29. The van der Waals surface area contributed by atoms with Crippen LogP contribution in [0.3, 0.4) is 0 Å². The number of hydrogen-bond donors (Lipinski definition) is 2. The van der Waals surface area contributed by atoms with E-state index in [-0.39, 0.29) is 5.91 Å². The Kier molecular flexibility index (Phi) is 4.24. The van der Waals surface area contributed by atoms with Crippen LogP contribution in [-0.2, 0) is 6.54 Å². The molecule has 0 saturated carbocycles. The number of aromatic nitrogens is 1. The first-order valence-electron chi connectivity index (χ1n) is 5.65. The van der Waals surface area contributed by atoms with Gasteiger partial charge in [-0.15, -0.1) is 11.3 Å². The fraction of sp³-hybridized carbons (Fsp3) is 0.154. The van der Waals surface area contributed by atoms with Crippen LogP contribution < -0.4 is 11.1 Å². The normalized spacial score (nSPS) is 10.2. The van der Waals surface area contributed by atoms with Gasteiger partial charge in [-0.05, 0) is 12.5 Å². The highest BCUT2D eigenvalue weighted by molar-refractivity contribution is 7.80. The number of aryl methyl sites for hydroxylation is 1. The summed E-state index contributed by atoms with van der Waals surface area (Å²) in [5.41, 5.74) is 9.77. The van der Waals surface area contributed by atoms with E-state index in [0.717, 1.165) is 16.8 Å². The molecule has 1 amide bonds. The van der Waals surface area contributed by atoms with Crippen molar-refractivity contribution in [1.29, 1.82) is 0 Å². The molecule has 3 N–H and O–H groups in total. The lowest BCUT2D eigenvalue weighted by Gasteiger charge is -2.05. The van der Waals surface area contributed by atoms with Crippen LogP contribution in [0.5, 0.6) is 0 Å². The fourth-order valence-electron chi connectivity index (χ4n) is 1.57. The van der Waals surface area contributed by atoms with E-state index in [2.05, 4.69) is 10.3 Å². The zero-order valence-corrected chi connectivity index (χ0v) is 12.0. The molecule has 0 saturated heterocycles. The molecule has 98 valence electrons. The molecule has 1 aromatic carbocycles. The topological polar surface area (TPSA) is 68.0 Å². The van der Waals surface area contributed by atoms with E-state index in [0.29, 0.717) is 16.4 Å². The third kappa shape index (κ3) is 3.36. The predicted molar refractivity (Wildman–Crippen MR) is 80.4 cm³/mol. The van der Waals surface area contributed by atoms with Gasteiger partial charge in [-0.3, -0.25) is 4.79 Å². The van der Waals surface area contributed by atoms with Crippen molar-refractivity contribution in [2.24, 2.45) is 5.73 Å². The second-order valence-electron chi connectivity index (χ2n) is 4.01. The molecule has 0 aliphatic heterocycles. The van der Waals surface area contributed by atoms with Gasteiger partial charge in [0.15, 0.2) is 0 Å². The van der Waals surface area contributed by atoms with Crippen molar-refractivity contribution in [1.82, 2.24) is 10.3 Å². The average molecular weight is 291 g/mol. The summed E-state index contributed by atoms with van der Waals surface area (Å²) in [5.74, 6) is -0.0987. The third-order valence-electron chi connectivity index (χ3n) is 2.64. The van der Waals surface area contributed by atoms with Crippen LogP contribution >= 0.6 is 23.6 Å². The first-order chi connectivity index (χ1) is 9.08. The van der Waals surface area contributed by atoms with E-state index in [1.165, 1.54) is 11.3 Å². The Morgan fingerprint density at radius 1 is 1.42 bits per heavy atom. The molecule has 0 fully saturated rings. The zero-order valence-electron chi connectivity index (χ0n) is 10.3. The average Bonchev–Trinajstić information content (AvgIpc) is 2.83. The predicted octanol–water partition coefficient (Wildman–Crippen LogP) is 2.02. The number of thiazole rings is 1. The Balaban J connectivity index is 1.97. The number of carbonyl (C=O) groups is 1. The van der Waals surface area contributed by atoms with Gasteiger partial charge >= 0.3 is 0 Å². The number of amides is 1. The Labute approximate surface area is 120 Å². The molecule has 0 radical (unpaired) electrons. The number of benzene rings is 1. The van der Waals surface area contributed by atoms with E-state index in [1.54, 1.807) is 5.51 Å². The number of thiocarbonyl (C=S) groups is 1. The number of nitrogens with one attached hydrogen (secondary N) is 1. The number of nitrogens with zero attached hydrogens (tertiary/aromatic N) is 1. The molecule has 0 aliphatic carbocycles. The molecule has 1 aromatic heterocycles. The van der Waals surface area contributed by atoms with E-state index in [4.69, 9.17) is 18.0 Å². The van der Waals surface area contributed by atoms with Crippen LogP contribution in [0, 0.1) is 6.92 Å². The Hall–Kier alpha value is -1.79. The van der Waals surface area contributed by atoms with Crippen molar-refractivity contribution in [3.05, 3.63) is 51.5 Å². The SMILES string of the molecule is Cc1ncsc1C(=O)NCc1ccc(C(N)=S)cc1. The van der Waals surface area contributed by atoms with Gasteiger partial charge in [0, 0.05) is 12.1 Å². The summed E-state index contributed by atoms with van der Waals surface area (Å²) >= 11 is 6.22.